The average molecular weight is 471 g/mol. The summed E-state index contributed by atoms with van der Waals surface area (Å²) in [5, 5.41) is 0. The molecule has 3 aromatic rings. The lowest BCUT2D eigenvalue weighted by Gasteiger charge is -2.30. The molecule has 1 heterocycles. The third-order valence-corrected chi connectivity index (χ3v) is 6.69. The van der Waals surface area contributed by atoms with Crippen LogP contribution in [0, 0.1) is 0 Å². The second kappa shape index (κ2) is 8.00. The molecule has 0 aromatic heterocycles. The molecule has 0 bridgehead atoms. The maximum absolute atomic E-state index is 12.9. The molecular weight excluding hydrogens is 452 g/mol. The largest absolute Gasteiger partial charge is 0.308 e. The molecule has 3 aromatic carbocycles. The number of anilines is 2. The zero-order valence-corrected chi connectivity index (χ0v) is 17.9. The van der Waals surface area contributed by atoms with Gasteiger partial charge in [0, 0.05) is 28.0 Å². The van der Waals surface area contributed by atoms with Crippen LogP contribution in [0.25, 0.3) is 0 Å². The van der Waals surface area contributed by atoms with Gasteiger partial charge in [-0.15, -0.1) is 0 Å². The molecule has 5 nitrogen and oxygen atoms in total. The lowest BCUT2D eigenvalue weighted by molar-refractivity contribution is 0.0985. The van der Waals surface area contributed by atoms with Crippen LogP contribution in [0.3, 0.4) is 0 Å². The van der Waals surface area contributed by atoms with Gasteiger partial charge in [-0.1, -0.05) is 40.2 Å². The molecule has 0 unspecified atom stereocenters. The van der Waals surface area contributed by atoms with Gasteiger partial charge in [0.2, 0.25) is 0 Å². The maximum atomic E-state index is 12.9. The third-order valence-electron chi connectivity index (χ3n) is 4.82. The number of hydrogen-bond donors (Lipinski definition) is 1. The molecule has 4 rings (SSSR count). The van der Waals surface area contributed by atoms with Crippen molar-refractivity contribution in [3.05, 3.63) is 88.4 Å². The number of amides is 1. The lowest BCUT2D eigenvalue weighted by atomic mass is 10.0. The van der Waals surface area contributed by atoms with Crippen molar-refractivity contribution in [2.24, 2.45) is 0 Å². The quantitative estimate of drug-likeness (QED) is 0.592. The predicted molar refractivity (Wildman–Crippen MR) is 118 cm³/mol. The van der Waals surface area contributed by atoms with E-state index in [1.165, 1.54) is 0 Å². The molecule has 7 heteroatoms. The first-order valence-corrected chi connectivity index (χ1v) is 11.5. The number of nitrogens with one attached hydrogen (secondary N) is 1. The molecule has 1 amide bonds. The van der Waals surface area contributed by atoms with Crippen molar-refractivity contribution in [3.8, 4) is 0 Å². The SMILES string of the molecule is O=C(c1ccccc1)N1CCCc2cc(S(=O)(=O)Nc3cccc(Br)c3)ccc21. The number of sulfonamides is 1. The van der Waals surface area contributed by atoms with E-state index in [0.717, 1.165) is 28.6 Å². The van der Waals surface area contributed by atoms with Gasteiger partial charge in [-0.25, -0.2) is 8.42 Å². The number of nitrogens with zero attached hydrogens (tertiary/aromatic N) is 1. The Kier molecular flexibility index (Phi) is 5.43. The number of carbonyl (C=O) groups excluding carboxylic acids is 1. The van der Waals surface area contributed by atoms with E-state index >= 15 is 0 Å². The number of aryl methyl sites for hydroxylation is 1. The van der Waals surface area contributed by atoms with Crippen LogP contribution in [0.4, 0.5) is 11.4 Å². The molecule has 0 aliphatic carbocycles. The van der Waals surface area contributed by atoms with Gasteiger partial charge in [0.1, 0.15) is 0 Å². The van der Waals surface area contributed by atoms with Crippen molar-refractivity contribution < 1.29 is 13.2 Å². The number of halogens is 1. The van der Waals surface area contributed by atoms with E-state index in [1.54, 1.807) is 53.4 Å². The smallest absolute Gasteiger partial charge is 0.261 e. The third kappa shape index (κ3) is 4.21. The monoisotopic (exact) mass is 470 g/mol. The first kappa shape index (κ1) is 19.7. The minimum Gasteiger partial charge on any atom is -0.308 e. The highest BCUT2D eigenvalue weighted by atomic mass is 79.9. The van der Waals surface area contributed by atoms with Gasteiger partial charge in [0.25, 0.3) is 15.9 Å². The highest BCUT2D eigenvalue weighted by Crippen LogP contribution is 2.31. The number of fused-ring (bicyclic) bond motifs is 1. The molecule has 0 fully saturated rings. The minimum absolute atomic E-state index is 0.0746. The van der Waals surface area contributed by atoms with Crippen LogP contribution in [-0.4, -0.2) is 20.9 Å². The summed E-state index contributed by atoms with van der Waals surface area (Å²) in [7, 11) is -3.73. The van der Waals surface area contributed by atoms with Crippen LogP contribution in [0.5, 0.6) is 0 Å². The predicted octanol–water partition coefficient (Wildman–Crippen LogP) is 4.84. The Balaban J connectivity index is 1.64. The molecule has 29 heavy (non-hydrogen) atoms. The zero-order chi connectivity index (χ0) is 20.4. The van der Waals surface area contributed by atoms with E-state index in [4.69, 9.17) is 0 Å². The summed E-state index contributed by atoms with van der Waals surface area (Å²) in [6.45, 7) is 0.614. The topological polar surface area (TPSA) is 66.5 Å². The van der Waals surface area contributed by atoms with Gasteiger partial charge in [-0.05, 0) is 66.9 Å². The van der Waals surface area contributed by atoms with Crippen LogP contribution < -0.4 is 9.62 Å². The van der Waals surface area contributed by atoms with Crippen LogP contribution in [0.1, 0.15) is 22.3 Å². The second-order valence-electron chi connectivity index (χ2n) is 6.83. The Morgan fingerprint density at radius 3 is 2.52 bits per heavy atom. The first-order valence-electron chi connectivity index (χ1n) is 9.22. The lowest BCUT2D eigenvalue weighted by Crippen LogP contribution is -2.35. The van der Waals surface area contributed by atoms with Gasteiger partial charge < -0.3 is 4.90 Å². The summed E-state index contributed by atoms with van der Waals surface area (Å²) < 4.78 is 29.1. The van der Waals surface area contributed by atoms with Gasteiger partial charge in [-0.3, -0.25) is 9.52 Å². The van der Waals surface area contributed by atoms with Crippen LogP contribution in [-0.2, 0) is 16.4 Å². The molecule has 0 atom stereocenters. The zero-order valence-electron chi connectivity index (χ0n) is 15.5. The summed E-state index contributed by atoms with van der Waals surface area (Å²) in [6.07, 6.45) is 1.52. The summed E-state index contributed by atoms with van der Waals surface area (Å²) in [5.41, 5.74) is 2.73. The van der Waals surface area contributed by atoms with Crippen molar-refractivity contribution in [1.82, 2.24) is 0 Å². The molecule has 1 aliphatic heterocycles. The molecule has 148 valence electrons. The molecule has 1 aliphatic rings. The summed E-state index contributed by atoms with van der Waals surface area (Å²) in [4.78, 5) is 14.8. The number of carbonyl (C=O) groups is 1. The normalized spacial score (nSPS) is 13.6. The Labute approximate surface area is 178 Å². The van der Waals surface area contributed by atoms with Crippen molar-refractivity contribution in [2.45, 2.75) is 17.7 Å². The van der Waals surface area contributed by atoms with E-state index in [1.807, 2.05) is 24.3 Å². The number of rotatable bonds is 4. The van der Waals surface area contributed by atoms with Gasteiger partial charge in [0.15, 0.2) is 0 Å². The molecule has 0 spiro atoms. The van der Waals surface area contributed by atoms with E-state index < -0.39 is 10.0 Å². The van der Waals surface area contributed by atoms with E-state index in [0.29, 0.717) is 17.8 Å². The minimum atomic E-state index is -3.73. The number of hydrogen-bond acceptors (Lipinski definition) is 3. The van der Waals surface area contributed by atoms with E-state index in [9.17, 15) is 13.2 Å². The summed E-state index contributed by atoms with van der Waals surface area (Å²) in [6, 6.07) is 21.1. The van der Waals surface area contributed by atoms with Gasteiger partial charge in [-0.2, -0.15) is 0 Å². The fourth-order valence-electron chi connectivity index (χ4n) is 3.45. The molecule has 0 saturated carbocycles. The molecule has 0 saturated heterocycles. The highest BCUT2D eigenvalue weighted by Gasteiger charge is 2.25. The Morgan fingerprint density at radius 2 is 1.76 bits per heavy atom. The molecule has 1 N–H and O–H groups in total. The Hall–Kier alpha value is -2.64. The fourth-order valence-corrected chi connectivity index (χ4v) is 4.95. The maximum Gasteiger partial charge on any atom is 0.261 e. The van der Waals surface area contributed by atoms with Crippen molar-refractivity contribution in [2.75, 3.05) is 16.2 Å². The van der Waals surface area contributed by atoms with Gasteiger partial charge in [0.05, 0.1) is 4.90 Å². The van der Waals surface area contributed by atoms with E-state index in [-0.39, 0.29) is 10.8 Å². The Morgan fingerprint density at radius 1 is 0.966 bits per heavy atom. The molecule has 0 radical (unpaired) electrons. The average Bonchev–Trinajstić information content (AvgIpc) is 2.72. The van der Waals surface area contributed by atoms with Crippen LogP contribution in [0.2, 0.25) is 0 Å². The second-order valence-corrected chi connectivity index (χ2v) is 9.43. The van der Waals surface area contributed by atoms with Crippen molar-refractivity contribution in [1.29, 1.82) is 0 Å². The standard InChI is InChI=1S/C22H19BrN2O3S/c23-18-9-4-10-19(15-18)24-29(27,28)20-11-12-21-17(14-20)8-5-13-25(21)22(26)16-6-2-1-3-7-16/h1-4,6-7,9-12,14-15,24H,5,8,13H2. The molecular formula is C22H19BrN2O3S. The van der Waals surface area contributed by atoms with Crippen LogP contribution >= 0.6 is 15.9 Å². The summed E-state index contributed by atoms with van der Waals surface area (Å²) >= 11 is 3.34. The van der Waals surface area contributed by atoms with Gasteiger partial charge >= 0.3 is 0 Å². The highest BCUT2D eigenvalue weighted by molar-refractivity contribution is 9.10. The first-order chi connectivity index (χ1) is 13.9. The number of benzene rings is 3. The van der Waals surface area contributed by atoms with E-state index in [2.05, 4.69) is 20.7 Å². The Bertz CT molecular complexity index is 1160. The van der Waals surface area contributed by atoms with Crippen molar-refractivity contribution in [3.63, 3.8) is 0 Å². The van der Waals surface area contributed by atoms with Crippen molar-refractivity contribution >= 4 is 43.2 Å². The fraction of sp³-hybridized carbons (Fsp3) is 0.136. The van der Waals surface area contributed by atoms with Crippen LogP contribution in [0.15, 0.2) is 82.2 Å². The summed E-state index contributed by atoms with van der Waals surface area (Å²) in [5.74, 6) is -0.0746.